The van der Waals surface area contributed by atoms with Gasteiger partial charge in [0.2, 0.25) is 0 Å². The van der Waals surface area contributed by atoms with E-state index in [-0.39, 0.29) is 0 Å². The zero-order valence-electron chi connectivity index (χ0n) is 15.1. The normalized spacial score (nSPS) is 11.0. The van der Waals surface area contributed by atoms with Crippen LogP contribution in [0.2, 0.25) is 0 Å². The van der Waals surface area contributed by atoms with Crippen molar-refractivity contribution < 1.29 is 9.53 Å². The second-order valence-electron chi connectivity index (χ2n) is 6.94. The summed E-state index contributed by atoms with van der Waals surface area (Å²) in [5.41, 5.74) is 4.80. The predicted octanol–water partition coefficient (Wildman–Crippen LogP) is 5.26. The van der Waals surface area contributed by atoms with Crippen molar-refractivity contribution in [2.45, 2.75) is 46.8 Å². The number of benzene rings is 2. The van der Waals surface area contributed by atoms with E-state index in [0.29, 0.717) is 12.2 Å². The first-order valence-electron chi connectivity index (χ1n) is 8.13. The topological polar surface area (TPSA) is 50.4 Å². The Morgan fingerprint density at radius 2 is 1.67 bits per heavy atom. The molecule has 0 aromatic heterocycles. The van der Waals surface area contributed by atoms with Crippen molar-refractivity contribution in [1.82, 2.24) is 0 Å². The largest absolute Gasteiger partial charge is 0.444 e. The highest BCUT2D eigenvalue weighted by Crippen LogP contribution is 2.23. The lowest BCUT2D eigenvalue weighted by Crippen LogP contribution is -2.27. The first-order valence-corrected chi connectivity index (χ1v) is 8.13. The molecule has 0 radical (unpaired) electrons. The summed E-state index contributed by atoms with van der Waals surface area (Å²) in [5.74, 6) is 0. The highest BCUT2D eigenvalue weighted by Gasteiger charge is 2.17. The number of anilines is 2. The molecular formula is C20H26N2O2. The standard InChI is InChI=1S/C20H26N2O2/c1-14-10-11-16(12-15(14)2)13-21-17-8-6-7-9-18(17)22-19(23)24-20(3,4)5/h6-12,21H,13H2,1-5H3,(H,22,23). The number of aryl methyl sites for hydroxylation is 2. The first kappa shape index (κ1) is 17.9. The van der Waals surface area contributed by atoms with Crippen molar-refractivity contribution in [2.75, 3.05) is 10.6 Å². The Labute approximate surface area is 144 Å². The van der Waals surface area contributed by atoms with E-state index in [0.717, 1.165) is 5.69 Å². The second kappa shape index (κ2) is 7.39. The minimum atomic E-state index is -0.522. The molecule has 0 unspecified atom stereocenters. The van der Waals surface area contributed by atoms with Gasteiger partial charge in [0.05, 0.1) is 11.4 Å². The van der Waals surface area contributed by atoms with Crippen molar-refractivity contribution in [3.8, 4) is 0 Å². The first-order chi connectivity index (χ1) is 11.2. The van der Waals surface area contributed by atoms with Gasteiger partial charge in [-0.25, -0.2) is 4.79 Å². The van der Waals surface area contributed by atoms with Crippen LogP contribution in [-0.4, -0.2) is 11.7 Å². The molecule has 0 heterocycles. The van der Waals surface area contributed by atoms with Crippen LogP contribution in [0.25, 0.3) is 0 Å². The lowest BCUT2D eigenvalue weighted by molar-refractivity contribution is 0.0636. The Morgan fingerprint density at radius 3 is 2.29 bits per heavy atom. The third-order valence-electron chi connectivity index (χ3n) is 3.62. The maximum absolute atomic E-state index is 12.0. The van der Waals surface area contributed by atoms with Gasteiger partial charge in [-0.1, -0.05) is 30.3 Å². The number of carbonyl (C=O) groups excluding carboxylic acids is 1. The van der Waals surface area contributed by atoms with Gasteiger partial charge in [0.1, 0.15) is 5.60 Å². The fourth-order valence-corrected chi connectivity index (χ4v) is 2.27. The van der Waals surface area contributed by atoms with E-state index < -0.39 is 11.7 Å². The summed E-state index contributed by atoms with van der Waals surface area (Å²) in [7, 11) is 0. The van der Waals surface area contributed by atoms with E-state index in [1.165, 1.54) is 16.7 Å². The minimum absolute atomic E-state index is 0.456. The summed E-state index contributed by atoms with van der Waals surface area (Å²) >= 11 is 0. The SMILES string of the molecule is Cc1ccc(CNc2ccccc2NC(=O)OC(C)(C)C)cc1C. The molecule has 24 heavy (non-hydrogen) atoms. The number of ether oxygens (including phenoxy) is 1. The molecule has 0 saturated carbocycles. The highest BCUT2D eigenvalue weighted by molar-refractivity contribution is 5.89. The Kier molecular flexibility index (Phi) is 5.50. The van der Waals surface area contributed by atoms with Crippen molar-refractivity contribution in [2.24, 2.45) is 0 Å². The van der Waals surface area contributed by atoms with E-state index in [1.807, 2.05) is 45.0 Å². The number of nitrogens with one attached hydrogen (secondary N) is 2. The Bertz CT molecular complexity index is 718. The molecule has 128 valence electrons. The maximum Gasteiger partial charge on any atom is 0.412 e. The van der Waals surface area contributed by atoms with E-state index in [2.05, 4.69) is 42.7 Å². The summed E-state index contributed by atoms with van der Waals surface area (Å²) in [6.45, 7) is 10.4. The molecule has 2 aromatic rings. The molecule has 2 aromatic carbocycles. The minimum Gasteiger partial charge on any atom is -0.444 e. The van der Waals surface area contributed by atoms with E-state index >= 15 is 0 Å². The van der Waals surface area contributed by atoms with Gasteiger partial charge in [-0.05, 0) is 63.4 Å². The van der Waals surface area contributed by atoms with Gasteiger partial charge in [0, 0.05) is 6.54 Å². The van der Waals surface area contributed by atoms with Crippen molar-refractivity contribution in [3.63, 3.8) is 0 Å². The van der Waals surface area contributed by atoms with Crippen LogP contribution >= 0.6 is 0 Å². The lowest BCUT2D eigenvalue weighted by Gasteiger charge is -2.20. The van der Waals surface area contributed by atoms with Gasteiger partial charge in [0.25, 0.3) is 0 Å². The maximum atomic E-state index is 12.0. The lowest BCUT2D eigenvalue weighted by atomic mass is 10.1. The average Bonchev–Trinajstić information content (AvgIpc) is 2.48. The van der Waals surface area contributed by atoms with Crippen molar-refractivity contribution >= 4 is 17.5 Å². The summed E-state index contributed by atoms with van der Waals surface area (Å²) in [6.07, 6.45) is -0.456. The fraction of sp³-hybridized carbons (Fsp3) is 0.350. The molecule has 0 bridgehead atoms. The number of para-hydroxylation sites is 2. The summed E-state index contributed by atoms with van der Waals surface area (Å²) in [6, 6.07) is 14.0. The molecule has 0 aliphatic carbocycles. The third kappa shape index (κ3) is 5.30. The molecule has 1 amide bonds. The zero-order valence-corrected chi connectivity index (χ0v) is 15.1. The highest BCUT2D eigenvalue weighted by atomic mass is 16.6. The van der Waals surface area contributed by atoms with Gasteiger partial charge in [-0.2, -0.15) is 0 Å². The van der Waals surface area contributed by atoms with Crippen LogP contribution in [0.4, 0.5) is 16.2 Å². The van der Waals surface area contributed by atoms with Gasteiger partial charge in [-0.15, -0.1) is 0 Å². The quantitative estimate of drug-likeness (QED) is 0.805. The predicted molar refractivity (Wildman–Crippen MR) is 99.5 cm³/mol. The molecule has 0 atom stereocenters. The second-order valence-corrected chi connectivity index (χ2v) is 6.94. The molecule has 4 nitrogen and oxygen atoms in total. The molecule has 0 aliphatic heterocycles. The Morgan fingerprint density at radius 1 is 1.00 bits per heavy atom. The number of hydrogen-bond acceptors (Lipinski definition) is 3. The molecule has 2 N–H and O–H groups in total. The van der Waals surface area contributed by atoms with Crippen LogP contribution in [0, 0.1) is 13.8 Å². The van der Waals surface area contributed by atoms with Crippen LogP contribution in [0.3, 0.4) is 0 Å². The van der Waals surface area contributed by atoms with Crippen molar-refractivity contribution in [3.05, 3.63) is 59.2 Å². The number of rotatable bonds is 4. The summed E-state index contributed by atoms with van der Waals surface area (Å²) in [5, 5.41) is 6.17. The van der Waals surface area contributed by atoms with Crippen LogP contribution < -0.4 is 10.6 Å². The number of carbonyl (C=O) groups is 1. The molecule has 0 spiro atoms. The third-order valence-corrected chi connectivity index (χ3v) is 3.62. The monoisotopic (exact) mass is 326 g/mol. The van der Waals surface area contributed by atoms with E-state index in [4.69, 9.17) is 4.74 Å². The van der Waals surface area contributed by atoms with E-state index in [1.54, 1.807) is 0 Å². The summed E-state index contributed by atoms with van der Waals surface area (Å²) in [4.78, 5) is 12.0. The average molecular weight is 326 g/mol. The van der Waals surface area contributed by atoms with Crippen LogP contribution in [-0.2, 0) is 11.3 Å². The van der Waals surface area contributed by atoms with Crippen LogP contribution in [0.15, 0.2) is 42.5 Å². The number of hydrogen-bond donors (Lipinski definition) is 2. The van der Waals surface area contributed by atoms with E-state index in [9.17, 15) is 4.79 Å². The van der Waals surface area contributed by atoms with Crippen LogP contribution in [0.1, 0.15) is 37.5 Å². The fourth-order valence-electron chi connectivity index (χ4n) is 2.27. The molecule has 4 heteroatoms. The smallest absolute Gasteiger partial charge is 0.412 e. The van der Waals surface area contributed by atoms with Crippen LogP contribution in [0.5, 0.6) is 0 Å². The molecular weight excluding hydrogens is 300 g/mol. The van der Waals surface area contributed by atoms with Gasteiger partial charge in [-0.3, -0.25) is 5.32 Å². The molecule has 0 aliphatic rings. The van der Waals surface area contributed by atoms with Gasteiger partial charge >= 0.3 is 6.09 Å². The Hall–Kier alpha value is -2.49. The van der Waals surface area contributed by atoms with Gasteiger partial charge < -0.3 is 10.1 Å². The molecule has 0 saturated heterocycles. The number of amides is 1. The van der Waals surface area contributed by atoms with Gasteiger partial charge in [0.15, 0.2) is 0 Å². The van der Waals surface area contributed by atoms with Crippen molar-refractivity contribution in [1.29, 1.82) is 0 Å². The zero-order chi connectivity index (χ0) is 17.7. The summed E-state index contributed by atoms with van der Waals surface area (Å²) < 4.78 is 5.31. The molecule has 0 fully saturated rings. The Balaban J connectivity index is 2.05. The molecule has 2 rings (SSSR count).